The second kappa shape index (κ2) is 9.41. The van der Waals surface area contributed by atoms with Gasteiger partial charge in [0.2, 0.25) is 0 Å². The Labute approximate surface area is 195 Å². The van der Waals surface area contributed by atoms with E-state index in [0.29, 0.717) is 16.8 Å². The van der Waals surface area contributed by atoms with Gasteiger partial charge in [-0.25, -0.2) is 9.48 Å². The number of aromatic hydroxyl groups is 1. The highest BCUT2D eigenvalue weighted by Crippen LogP contribution is 2.33. The van der Waals surface area contributed by atoms with Crippen LogP contribution < -0.4 is 10.9 Å². The molecule has 0 saturated carbocycles. The summed E-state index contributed by atoms with van der Waals surface area (Å²) in [7, 11) is 2.70. The number of carbonyl (C=O) groups is 2. The van der Waals surface area contributed by atoms with Gasteiger partial charge in [-0.1, -0.05) is 60.7 Å². The molecule has 170 valence electrons. The highest BCUT2D eigenvalue weighted by Gasteiger charge is 2.25. The van der Waals surface area contributed by atoms with Gasteiger partial charge in [-0.05, 0) is 23.8 Å². The van der Waals surface area contributed by atoms with Crippen molar-refractivity contribution in [2.75, 3.05) is 12.4 Å². The van der Waals surface area contributed by atoms with Crippen LogP contribution in [-0.2, 0) is 11.8 Å². The van der Waals surface area contributed by atoms with Gasteiger partial charge >= 0.3 is 5.97 Å². The van der Waals surface area contributed by atoms with Crippen molar-refractivity contribution in [2.45, 2.75) is 0 Å². The van der Waals surface area contributed by atoms with Crippen LogP contribution in [0.4, 0.5) is 5.69 Å². The maximum atomic E-state index is 13.4. The second-order valence-corrected chi connectivity index (χ2v) is 7.44. The Hall–Kier alpha value is -4.72. The van der Waals surface area contributed by atoms with Crippen LogP contribution in [0, 0.1) is 0 Å². The van der Waals surface area contributed by atoms with Gasteiger partial charge in [-0.3, -0.25) is 9.59 Å². The van der Waals surface area contributed by atoms with E-state index in [-0.39, 0.29) is 22.6 Å². The Bertz CT molecular complexity index is 1430. The van der Waals surface area contributed by atoms with Crippen molar-refractivity contribution in [2.24, 2.45) is 7.05 Å². The average molecular weight is 455 g/mol. The Morgan fingerprint density at radius 3 is 2.15 bits per heavy atom. The van der Waals surface area contributed by atoms with Crippen molar-refractivity contribution in [3.8, 4) is 28.1 Å². The third-order valence-corrected chi connectivity index (χ3v) is 5.25. The second-order valence-electron chi connectivity index (χ2n) is 7.44. The molecule has 0 aliphatic heterocycles. The van der Waals surface area contributed by atoms with Gasteiger partial charge in [0.25, 0.3) is 11.5 Å². The standard InChI is InChI=1S/C26H21N3O5/c1-29-25(32)22(24(31)27-19-14-13-18(15-20(19)30)26(33)34-2)21(16-9-5-3-6-10-16)23(28-29)17-11-7-4-8-12-17/h3-15,30H,1-2H3,(H,27,31). The number of hydrogen-bond acceptors (Lipinski definition) is 6. The minimum absolute atomic E-state index is 0.0387. The molecular formula is C26H21N3O5. The lowest BCUT2D eigenvalue weighted by Gasteiger charge is -2.16. The molecule has 34 heavy (non-hydrogen) atoms. The van der Waals surface area contributed by atoms with Crippen molar-refractivity contribution in [3.63, 3.8) is 0 Å². The van der Waals surface area contributed by atoms with Crippen LogP contribution in [0.1, 0.15) is 20.7 Å². The Kier molecular flexibility index (Phi) is 6.22. The third kappa shape index (κ3) is 4.29. The summed E-state index contributed by atoms with van der Waals surface area (Å²) in [6, 6.07) is 22.2. The summed E-state index contributed by atoms with van der Waals surface area (Å²) in [5.41, 5.74) is 1.65. The minimum atomic E-state index is -0.722. The molecule has 0 fully saturated rings. The Morgan fingerprint density at radius 1 is 0.941 bits per heavy atom. The maximum Gasteiger partial charge on any atom is 0.337 e. The molecular weight excluding hydrogens is 434 g/mol. The summed E-state index contributed by atoms with van der Waals surface area (Å²) in [4.78, 5) is 38.3. The van der Waals surface area contributed by atoms with Crippen LogP contribution in [-0.4, -0.2) is 33.9 Å². The molecule has 3 aromatic carbocycles. The van der Waals surface area contributed by atoms with E-state index in [4.69, 9.17) is 0 Å². The van der Waals surface area contributed by atoms with E-state index in [9.17, 15) is 19.5 Å². The minimum Gasteiger partial charge on any atom is -0.506 e. The number of carbonyl (C=O) groups excluding carboxylic acids is 2. The number of nitrogens with zero attached hydrogens (tertiary/aromatic N) is 2. The summed E-state index contributed by atoms with van der Waals surface area (Å²) in [6.45, 7) is 0. The molecule has 0 spiro atoms. The number of ether oxygens (including phenoxy) is 1. The fraction of sp³-hybridized carbons (Fsp3) is 0.0769. The zero-order chi connectivity index (χ0) is 24.2. The zero-order valence-electron chi connectivity index (χ0n) is 18.5. The fourth-order valence-corrected chi connectivity index (χ4v) is 3.59. The number of benzene rings is 3. The number of esters is 1. The smallest absolute Gasteiger partial charge is 0.337 e. The Morgan fingerprint density at radius 2 is 1.56 bits per heavy atom. The molecule has 0 aliphatic rings. The molecule has 8 nitrogen and oxygen atoms in total. The number of methoxy groups -OCH3 is 1. The molecule has 0 bridgehead atoms. The predicted molar refractivity (Wildman–Crippen MR) is 128 cm³/mol. The number of rotatable bonds is 5. The number of amides is 1. The molecule has 1 aromatic heterocycles. The average Bonchev–Trinajstić information content (AvgIpc) is 2.86. The van der Waals surface area contributed by atoms with Crippen molar-refractivity contribution in [1.82, 2.24) is 9.78 Å². The quantitative estimate of drug-likeness (QED) is 0.349. The number of phenolic OH excluding ortho intramolecular Hbond substituents is 1. The third-order valence-electron chi connectivity index (χ3n) is 5.25. The molecule has 0 radical (unpaired) electrons. The first-order valence-electron chi connectivity index (χ1n) is 10.4. The molecule has 0 saturated heterocycles. The van der Waals surface area contributed by atoms with E-state index >= 15 is 0 Å². The van der Waals surface area contributed by atoms with Crippen molar-refractivity contribution in [3.05, 3.63) is 100 Å². The largest absolute Gasteiger partial charge is 0.506 e. The molecule has 1 heterocycles. The van der Waals surface area contributed by atoms with E-state index in [1.807, 2.05) is 36.4 Å². The summed E-state index contributed by atoms with van der Waals surface area (Å²) in [6.07, 6.45) is 0. The number of nitrogens with one attached hydrogen (secondary N) is 1. The van der Waals surface area contributed by atoms with Gasteiger partial charge in [0.05, 0.1) is 24.1 Å². The first kappa shape index (κ1) is 22.5. The van der Waals surface area contributed by atoms with Gasteiger partial charge in [0.15, 0.2) is 0 Å². The molecule has 2 N–H and O–H groups in total. The number of hydrogen-bond donors (Lipinski definition) is 2. The zero-order valence-corrected chi connectivity index (χ0v) is 18.5. The molecule has 0 aliphatic carbocycles. The van der Waals surface area contributed by atoms with E-state index in [1.165, 1.54) is 32.4 Å². The van der Waals surface area contributed by atoms with Gasteiger partial charge in [0.1, 0.15) is 11.3 Å². The van der Waals surface area contributed by atoms with Gasteiger partial charge < -0.3 is 15.2 Å². The first-order valence-corrected chi connectivity index (χ1v) is 10.4. The van der Waals surface area contributed by atoms with Gasteiger partial charge in [0, 0.05) is 18.2 Å². The lowest BCUT2D eigenvalue weighted by atomic mass is 9.95. The van der Waals surface area contributed by atoms with Crippen LogP contribution in [0.2, 0.25) is 0 Å². The topological polar surface area (TPSA) is 111 Å². The Balaban J connectivity index is 1.88. The lowest BCUT2D eigenvalue weighted by Crippen LogP contribution is -2.31. The lowest BCUT2D eigenvalue weighted by molar-refractivity contribution is 0.0600. The summed E-state index contributed by atoms with van der Waals surface area (Å²) in [5, 5.41) is 17.4. The van der Waals surface area contributed by atoms with Crippen LogP contribution in [0.3, 0.4) is 0 Å². The maximum absolute atomic E-state index is 13.4. The monoisotopic (exact) mass is 455 g/mol. The highest BCUT2D eigenvalue weighted by atomic mass is 16.5. The van der Waals surface area contributed by atoms with Crippen LogP contribution >= 0.6 is 0 Å². The molecule has 1 amide bonds. The van der Waals surface area contributed by atoms with Crippen molar-refractivity contribution < 1.29 is 19.4 Å². The van der Waals surface area contributed by atoms with Crippen LogP contribution in [0.25, 0.3) is 22.4 Å². The first-order chi connectivity index (χ1) is 16.4. The fourth-order valence-electron chi connectivity index (χ4n) is 3.59. The number of aromatic nitrogens is 2. The van der Waals surface area contributed by atoms with Crippen LogP contribution in [0.15, 0.2) is 83.7 Å². The van der Waals surface area contributed by atoms with E-state index in [2.05, 4.69) is 15.2 Å². The molecule has 0 unspecified atom stereocenters. The highest BCUT2D eigenvalue weighted by molar-refractivity contribution is 6.11. The number of aryl methyl sites for hydroxylation is 1. The number of anilines is 1. The van der Waals surface area contributed by atoms with Crippen molar-refractivity contribution in [1.29, 1.82) is 0 Å². The summed E-state index contributed by atoms with van der Waals surface area (Å²) >= 11 is 0. The summed E-state index contributed by atoms with van der Waals surface area (Å²) < 4.78 is 5.76. The van der Waals surface area contributed by atoms with Gasteiger partial charge in [-0.15, -0.1) is 0 Å². The molecule has 4 rings (SSSR count). The van der Waals surface area contributed by atoms with Gasteiger partial charge in [-0.2, -0.15) is 5.10 Å². The molecule has 0 atom stereocenters. The predicted octanol–water partition coefficient (Wildman–Crippen LogP) is 3.86. The SMILES string of the molecule is COC(=O)c1ccc(NC(=O)c2c(-c3ccccc3)c(-c3ccccc3)nn(C)c2=O)c(O)c1. The van der Waals surface area contributed by atoms with E-state index in [1.54, 1.807) is 24.3 Å². The number of phenols is 1. The van der Waals surface area contributed by atoms with Crippen LogP contribution in [0.5, 0.6) is 5.75 Å². The molecule has 8 heteroatoms. The molecule has 4 aromatic rings. The van der Waals surface area contributed by atoms with E-state index < -0.39 is 17.4 Å². The van der Waals surface area contributed by atoms with E-state index in [0.717, 1.165) is 10.2 Å². The van der Waals surface area contributed by atoms with Crippen molar-refractivity contribution >= 4 is 17.6 Å². The summed E-state index contributed by atoms with van der Waals surface area (Å²) in [5.74, 6) is -1.69. The normalized spacial score (nSPS) is 10.5.